The van der Waals surface area contributed by atoms with Crippen LogP contribution in [0.15, 0.2) is 48.5 Å². The summed E-state index contributed by atoms with van der Waals surface area (Å²) in [4.78, 5) is 27.9. The van der Waals surface area contributed by atoms with E-state index < -0.39 is 34.3 Å². The second-order valence-electron chi connectivity index (χ2n) is 9.24. The average molecular weight is 504 g/mol. The number of aryl methyl sites for hydroxylation is 1. The molecule has 2 amide bonds. The molecule has 1 atom stereocenters. The molecule has 1 aliphatic rings. The van der Waals surface area contributed by atoms with Crippen LogP contribution in [0.25, 0.3) is 0 Å². The van der Waals surface area contributed by atoms with Crippen molar-refractivity contribution in [1.82, 2.24) is 10.2 Å². The van der Waals surface area contributed by atoms with Gasteiger partial charge in [0.2, 0.25) is 21.8 Å². The van der Waals surface area contributed by atoms with E-state index in [4.69, 9.17) is 0 Å². The number of benzene rings is 2. The number of carbonyl (C=O) groups excluding carboxylic acids is 2. The van der Waals surface area contributed by atoms with Gasteiger partial charge in [-0.2, -0.15) is 0 Å². The van der Waals surface area contributed by atoms with E-state index >= 15 is 0 Å². The van der Waals surface area contributed by atoms with Crippen LogP contribution >= 0.6 is 0 Å². The third-order valence-corrected chi connectivity index (χ3v) is 7.56. The Balaban J connectivity index is 1.87. The molecule has 1 N–H and O–H groups in total. The quantitative estimate of drug-likeness (QED) is 0.565. The van der Waals surface area contributed by atoms with Crippen LogP contribution in [0.4, 0.5) is 10.1 Å². The predicted octanol–water partition coefficient (Wildman–Crippen LogP) is 3.77. The molecule has 0 radical (unpaired) electrons. The van der Waals surface area contributed by atoms with E-state index in [1.54, 1.807) is 49.4 Å². The van der Waals surface area contributed by atoms with Crippen molar-refractivity contribution in [2.24, 2.45) is 0 Å². The third kappa shape index (κ3) is 7.27. The zero-order valence-electron chi connectivity index (χ0n) is 20.5. The molecule has 1 saturated carbocycles. The molecule has 1 fully saturated rings. The number of nitrogens with one attached hydrogen (secondary N) is 1. The Hall–Kier alpha value is -2.94. The Kier molecular flexibility index (Phi) is 8.88. The Bertz CT molecular complexity index is 1130. The first-order valence-corrected chi connectivity index (χ1v) is 13.8. The van der Waals surface area contributed by atoms with Gasteiger partial charge in [0.25, 0.3) is 0 Å². The van der Waals surface area contributed by atoms with Crippen LogP contribution in [0, 0.1) is 12.7 Å². The van der Waals surface area contributed by atoms with Gasteiger partial charge in [-0.15, -0.1) is 0 Å². The van der Waals surface area contributed by atoms with E-state index in [1.165, 1.54) is 11.0 Å². The van der Waals surface area contributed by atoms with Gasteiger partial charge in [-0.25, -0.2) is 12.8 Å². The Labute approximate surface area is 207 Å². The maximum atomic E-state index is 14.5. The molecule has 1 unspecified atom stereocenters. The third-order valence-electron chi connectivity index (χ3n) is 6.42. The molecular weight excluding hydrogens is 469 g/mol. The van der Waals surface area contributed by atoms with Gasteiger partial charge >= 0.3 is 0 Å². The summed E-state index contributed by atoms with van der Waals surface area (Å²) in [6, 6.07) is 12.0. The van der Waals surface area contributed by atoms with Crippen LogP contribution in [0.1, 0.15) is 50.2 Å². The molecule has 2 aromatic rings. The monoisotopic (exact) mass is 503 g/mol. The van der Waals surface area contributed by atoms with Gasteiger partial charge in [0.05, 0.1) is 11.9 Å². The van der Waals surface area contributed by atoms with Crippen LogP contribution in [-0.4, -0.2) is 50.0 Å². The van der Waals surface area contributed by atoms with Crippen molar-refractivity contribution in [3.05, 3.63) is 65.5 Å². The van der Waals surface area contributed by atoms with Crippen molar-refractivity contribution in [3.63, 3.8) is 0 Å². The minimum atomic E-state index is -3.80. The van der Waals surface area contributed by atoms with Crippen molar-refractivity contribution < 1.29 is 22.4 Å². The molecule has 190 valence electrons. The zero-order valence-corrected chi connectivity index (χ0v) is 21.4. The van der Waals surface area contributed by atoms with Crippen LogP contribution in [0.2, 0.25) is 0 Å². The first kappa shape index (κ1) is 26.7. The topological polar surface area (TPSA) is 86.8 Å². The number of hydrogen-bond acceptors (Lipinski definition) is 4. The van der Waals surface area contributed by atoms with Gasteiger partial charge in [-0.3, -0.25) is 13.9 Å². The first-order chi connectivity index (χ1) is 16.6. The highest BCUT2D eigenvalue weighted by Gasteiger charge is 2.31. The molecule has 7 nitrogen and oxygen atoms in total. The van der Waals surface area contributed by atoms with Crippen LogP contribution in [-0.2, 0) is 26.2 Å². The van der Waals surface area contributed by atoms with Gasteiger partial charge in [0.15, 0.2) is 0 Å². The second kappa shape index (κ2) is 11.7. The summed E-state index contributed by atoms with van der Waals surface area (Å²) in [6.07, 6.45) is 6.01. The number of sulfonamides is 1. The highest BCUT2D eigenvalue weighted by atomic mass is 32.2. The lowest BCUT2D eigenvalue weighted by Crippen LogP contribution is -2.53. The number of hydrogen-bond donors (Lipinski definition) is 1. The normalized spacial score (nSPS) is 15.3. The molecule has 0 heterocycles. The summed E-state index contributed by atoms with van der Waals surface area (Å²) < 4.78 is 40.6. The predicted molar refractivity (Wildman–Crippen MR) is 135 cm³/mol. The van der Waals surface area contributed by atoms with Crippen LogP contribution < -0.4 is 9.62 Å². The zero-order chi connectivity index (χ0) is 25.6. The number of carbonyl (C=O) groups is 2. The molecule has 0 bridgehead atoms. The second-order valence-corrected chi connectivity index (χ2v) is 11.1. The number of amides is 2. The number of nitrogens with zero attached hydrogens (tertiary/aromatic N) is 2. The molecule has 0 aromatic heterocycles. The van der Waals surface area contributed by atoms with Crippen LogP contribution in [0.3, 0.4) is 0 Å². The van der Waals surface area contributed by atoms with Crippen LogP contribution in [0.5, 0.6) is 0 Å². The van der Waals surface area contributed by atoms with Gasteiger partial charge in [-0.1, -0.05) is 55.2 Å². The Morgan fingerprint density at radius 2 is 1.69 bits per heavy atom. The maximum Gasteiger partial charge on any atom is 0.244 e. The van der Waals surface area contributed by atoms with Gasteiger partial charge in [-0.05, 0) is 44.9 Å². The molecule has 0 aliphatic heterocycles. The maximum absolute atomic E-state index is 14.5. The molecule has 0 spiro atoms. The van der Waals surface area contributed by atoms with E-state index in [9.17, 15) is 22.4 Å². The van der Waals surface area contributed by atoms with E-state index in [1.807, 2.05) is 6.92 Å². The fraction of sp³-hybridized carbons (Fsp3) is 0.462. The van der Waals surface area contributed by atoms with Crippen molar-refractivity contribution in [1.29, 1.82) is 0 Å². The van der Waals surface area contributed by atoms with Gasteiger partial charge in [0, 0.05) is 18.2 Å². The SMILES string of the molecule is Cc1ccc(N(CC(=O)N(Cc2ccccc2F)C(C)C(=O)NC2CCCCC2)S(C)(=O)=O)cc1. The van der Waals surface area contributed by atoms with Crippen molar-refractivity contribution in [3.8, 4) is 0 Å². The minimum Gasteiger partial charge on any atom is -0.352 e. The fourth-order valence-corrected chi connectivity index (χ4v) is 5.14. The first-order valence-electron chi connectivity index (χ1n) is 11.9. The molecule has 1 aliphatic carbocycles. The van der Waals surface area contributed by atoms with Gasteiger partial charge in [0.1, 0.15) is 18.4 Å². The summed E-state index contributed by atoms with van der Waals surface area (Å²) in [7, 11) is -3.80. The lowest BCUT2D eigenvalue weighted by atomic mass is 9.95. The fourth-order valence-electron chi connectivity index (χ4n) is 4.29. The Morgan fingerprint density at radius 1 is 1.06 bits per heavy atom. The smallest absolute Gasteiger partial charge is 0.244 e. The summed E-state index contributed by atoms with van der Waals surface area (Å²) in [5.41, 5.74) is 1.54. The molecule has 0 saturated heterocycles. The molecular formula is C26H34FN3O4S. The Morgan fingerprint density at radius 3 is 2.29 bits per heavy atom. The van der Waals surface area contributed by atoms with E-state index in [2.05, 4.69) is 5.32 Å². The lowest BCUT2D eigenvalue weighted by molar-refractivity contribution is -0.139. The molecule has 3 rings (SSSR count). The van der Waals surface area contributed by atoms with E-state index in [0.29, 0.717) is 5.69 Å². The molecule has 35 heavy (non-hydrogen) atoms. The number of rotatable bonds is 9. The largest absolute Gasteiger partial charge is 0.352 e. The van der Waals surface area contributed by atoms with Crippen molar-refractivity contribution >= 4 is 27.5 Å². The summed E-state index contributed by atoms with van der Waals surface area (Å²) in [5, 5.41) is 3.02. The molecule has 2 aromatic carbocycles. The van der Waals surface area contributed by atoms with Crippen molar-refractivity contribution in [2.75, 3.05) is 17.1 Å². The lowest BCUT2D eigenvalue weighted by Gasteiger charge is -2.33. The number of anilines is 1. The summed E-state index contributed by atoms with van der Waals surface area (Å²) in [5.74, 6) is -1.42. The minimum absolute atomic E-state index is 0.0455. The highest BCUT2D eigenvalue weighted by molar-refractivity contribution is 7.92. The standard InChI is InChI=1S/C26H34FN3O4S/c1-19-13-15-23(16-14-19)30(35(3,33)34)18-25(31)29(17-21-9-7-8-12-24(21)27)20(2)26(32)28-22-10-5-4-6-11-22/h7-9,12-16,20,22H,4-6,10-11,17-18H2,1-3H3,(H,28,32). The number of halogens is 1. The average Bonchev–Trinajstić information content (AvgIpc) is 2.82. The van der Waals surface area contributed by atoms with E-state index in [-0.39, 0.29) is 24.1 Å². The molecule has 9 heteroatoms. The summed E-state index contributed by atoms with van der Waals surface area (Å²) >= 11 is 0. The van der Waals surface area contributed by atoms with Crippen molar-refractivity contribution in [2.45, 2.75) is 64.6 Å². The summed E-state index contributed by atoms with van der Waals surface area (Å²) in [6.45, 7) is 2.81. The van der Waals surface area contributed by atoms with Gasteiger partial charge < -0.3 is 10.2 Å². The van der Waals surface area contributed by atoms with E-state index in [0.717, 1.165) is 48.2 Å². The highest BCUT2D eigenvalue weighted by Crippen LogP contribution is 2.21.